The third kappa shape index (κ3) is 8.59. The molecule has 2 aromatic carbocycles. The summed E-state index contributed by atoms with van der Waals surface area (Å²) < 4.78 is 11.4. The molecule has 5 aliphatic heterocycles. The fourth-order valence-corrected chi connectivity index (χ4v) is 9.01. The molecule has 3 aromatic rings. The van der Waals surface area contributed by atoms with Gasteiger partial charge in [0, 0.05) is 101 Å². The highest BCUT2D eigenvalue weighted by atomic mass is 16.5. The van der Waals surface area contributed by atoms with E-state index in [0.29, 0.717) is 68.1 Å². The first-order chi connectivity index (χ1) is 28.3. The molecule has 4 saturated heterocycles. The second kappa shape index (κ2) is 17.7. The van der Waals surface area contributed by atoms with Gasteiger partial charge in [-0.25, -0.2) is 9.97 Å². The van der Waals surface area contributed by atoms with Crippen molar-refractivity contribution in [3.63, 3.8) is 0 Å². The van der Waals surface area contributed by atoms with Crippen LogP contribution in [0.3, 0.4) is 0 Å². The molecule has 0 radical (unpaired) electrons. The zero-order chi connectivity index (χ0) is 40.2. The quantitative estimate of drug-likeness (QED) is 0.147. The molecule has 1 atom stereocenters. The fraction of sp³-hybridized carbons (Fsp3) is 0.524. The monoisotopic (exact) mass is 794 g/mol. The number of hydrogen-bond donors (Lipinski definition) is 4. The number of nitrogens with one attached hydrogen (secondary N) is 4. The number of nitrogens with zero attached hydrogens (tertiary/aromatic N) is 6. The third-order valence-electron chi connectivity index (χ3n) is 12.2. The Bertz CT molecular complexity index is 2010. The minimum atomic E-state index is -0.599. The Balaban J connectivity index is 0.839. The van der Waals surface area contributed by atoms with Crippen molar-refractivity contribution in [3.8, 4) is 5.75 Å². The number of fused-ring (bicyclic) bond motifs is 1. The van der Waals surface area contributed by atoms with Gasteiger partial charge in [0.2, 0.25) is 18.2 Å². The van der Waals surface area contributed by atoms with E-state index >= 15 is 0 Å². The lowest BCUT2D eigenvalue weighted by Crippen LogP contribution is -2.53. The van der Waals surface area contributed by atoms with Crippen LogP contribution in [-0.2, 0) is 38.6 Å². The van der Waals surface area contributed by atoms with Crippen LogP contribution in [0.2, 0.25) is 0 Å². The molecular formula is C42H54N10O6. The van der Waals surface area contributed by atoms with Gasteiger partial charge in [-0.2, -0.15) is 0 Å². The summed E-state index contributed by atoms with van der Waals surface area (Å²) >= 11 is 0. The number of anilines is 5. The number of hydrogen-bond acceptors (Lipinski definition) is 13. The molecule has 0 aliphatic carbocycles. The molecule has 4 amide bonds. The standard InChI is InChI=1S/C42H54N10O6/c1-3-33-38(44-29-12-20-58-21-13-29)48-40(39(46-33)43-26-53)45-30-5-7-34(36(23-30)57-2)51-14-10-31(11-15-51)50-18-16-49(17-19-50)24-27-4-6-32-28(22-27)25-52(42(32)56)35-8-9-37(54)47-41(35)55/h4-7,22-23,26,29,31,35H,3,8-21,24-25H2,1-2H3,(H,43,46,53)(H2,44,45,48)(H,47,54,55). The average molecular weight is 795 g/mol. The van der Waals surface area contributed by atoms with Gasteiger partial charge in [0.05, 0.1) is 18.5 Å². The summed E-state index contributed by atoms with van der Waals surface area (Å²) in [6.45, 7) is 10.5. The van der Waals surface area contributed by atoms with Crippen molar-refractivity contribution >= 4 is 53.0 Å². The molecule has 16 nitrogen and oxygen atoms in total. The van der Waals surface area contributed by atoms with E-state index in [0.717, 1.165) is 99.9 Å². The molecule has 1 aromatic heterocycles. The molecule has 1 unspecified atom stereocenters. The second-order valence-electron chi connectivity index (χ2n) is 15.8. The molecule has 308 valence electrons. The van der Waals surface area contributed by atoms with Crippen LogP contribution >= 0.6 is 0 Å². The van der Waals surface area contributed by atoms with Crippen LogP contribution in [0, 0.1) is 0 Å². The maximum atomic E-state index is 13.1. The van der Waals surface area contributed by atoms with Crippen LogP contribution in [0.25, 0.3) is 0 Å². The summed E-state index contributed by atoms with van der Waals surface area (Å²) in [4.78, 5) is 67.5. The first-order valence-corrected chi connectivity index (χ1v) is 20.7. The highest BCUT2D eigenvalue weighted by Crippen LogP contribution is 2.36. The SMILES string of the molecule is CCc1nc(NC=O)c(Nc2ccc(N3CCC(N4CCN(Cc5ccc6c(c5)CN(C5CCC(=O)NC5=O)C6=O)CC4)CC3)c(OC)c2)nc1NC1CCOCC1. The number of aryl methyl sites for hydroxylation is 1. The Hall–Kier alpha value is -5.32. The molecule has 16 heteroatoms. The van der Waals surface area contributed by atoms with E-state index in [4.69, 9.17) is 19.4 Å². The summed E-state index contributed by atoms with van der Waals surface area (Å²) in [5.41, 5.74) is 5.38. The van der Waals surface area contributed by atoms with Gasteiger partial charge in [0.25, 0.3) is 5.91 Å². The first kappa shape index (κ1) is 39.5. The Kier molecular flexibility index (Phi) is 12.0. The van der Waals surface area contributed by atoms with Crippen LogP contribution in [0.15, 0.2) is 36.4 Å². The summed E-state index contributed by atoms with van der Waals surface area (Å²) in [5.74, 6) is 1.50. The number of carbonyl (C=O) groups is 4. The van der Waals surface area contributed by atoms with Gasteiger partial charge in [-0.1, -0.05) is 19.1 Å². The van der Waals surface area contributed by atoms with Crippen LogP contribution in [0.5, 0.6) is 5.75 Å². The number of amides is 4. The number of rotatable bonds is 13. The molecule has 4 fully saturated rings. The topological polar surface area (TPSA) is 174 Å². The number of methoxy groups -OCH3 is 1. The first-order valence-electron chi connectivity index (χ1n) is 20.7. The third-order valence-corrected chi connectivity index (χ3v) is 12.2. The van der Waals surface area contributed by atoms with Gasteiger partial charge >= 0.3 is 0 Å². The Morgan fingerprint density at radius 2 is 1.71 bits per heavy atom. The van der Waals surface area contributed by atoms with Crippen LogP contribution in [0.1, 0.15) is 72.6 Å². The minimum absolute atomic E-state index is 0.136. The van der Waals surface area contributed by atoms with Crippen molar-refractivity contribution in [1.82, 2.24) is 30.0 Å². The van der Waals surface area contributed by atoms with Crippen molar-refractivity contribution in [2.45, 2.75) is 83.1 Å². The summed E-state index contributed by atoms with van der Waals surface area (Å²) in [6, 6.07) is 12.3. The second-order valence-corrected chi connectivity index (χ2v) is 15.8. The van der Waals surface area contributed by atoms with Crippen molar-refractivity contribution in [2.75, 3.05) is 80.4 Å². The van der Waals surface area contributed by atoms with Gasteiger partial charge in [-0.15, -0.1) is 0 Å². The maximum absolute atomic E-state index is 13.1. The number of piperidine rings is 2. The van der Waals surface area contributed by atoms with E-state index in [1.54, 1.807) is 12.0 Å². The largest absolute Gasteiger partial charge is 0.495 e. The van der Waals surface area contributed by atoms with Crippen LogP contribution in [0.4, 0.5) is 28.8 Å². The highest BCUT2D eigenvalue weighted by Gasteiger charge is 2.39. The molecule has 6 heterocycles. The molecule has 0 saturated carbocycles. The number of benzene rings is 2. The summed E-state index contributed by atoms with van der Waals surface area (Å²) in [5, 5.41) is 12.0. The lowest BCUT2D eigenvalue weighted by atomic mass is 10.0. The predicted octanol–water partition coefficient (Wildman–Crippen LogP) is 3.50. The van der Waals surface area contributed by atoms with E-state index in [-0.39, 0.29) is 30.2 Å². The Labute approximate surface area is 339 Å². The molecule has 4 N–H and O–H groups in total. The molecular weight excluding hydrogens is 741 g/mol. The highest BCUT2D eigenvalue weighted by molar-refractivity contribution is 6.05. The Morgan fingerprint density at radius 3 is 2.43 bits per heavy atom. The number of carbonyl (C=O) groups excluding carboxylic acids is 4. The van der Waals surface area contributed by atoms with Crippen molar-refractivity contribution < 1.29 is 28.7 Å². The number of imide groups is 1. The zero-order valence-corrected chi connectivity index (χ0v) is 33.4. The van der Waals surface area contributed by atoms with E-state index in [1.807, 2.05) is 31.2 Å². The van der Waals surface area contributed by atoms with Crippen molar-refractivity contribution in [3.05, 3.63) is 58.8 Å². The van der Waals surface area contributed by atoms with E-state index in [9.17, 15) is 19.2 Å². The summed E-state index contributed by atoms with van der Waals surface area (Å²) in [7, 11) is 1.69. The molecule has 8 rings (SSSR count). The van der Waals surface area contributed by atoms with Gasteiger partial charge in [0.15, 0.2) is 17.5 Å². The number of aromatic nitrogens is 2. The lowest BCUT2D eigenvalue weighted by Gasteiger charge is -2.43. The van der Waals surface area contributed by atoms with Gasteiger partial charge < -0.3 is 35.2 Å². The maximum Gasteiger partial charge on any atom is 0.255 e. The predicted molar refractivity (Wildman–Crippen MR) is 219 cm³/mol. The lowest BCUT2D eigenvalue weighted by molar-refractivity contribution is -0.136. The Morgan fingerprint density at radius 1 is 0.914 bits per heavy atom. The summed E-state index contributed by atoms with van der Waals surface area (Å²) in [6.07, 6.45) is 5.83. The zero-order valence-electron chi connectivity index (χ0n) is 33.4. The normalized spacial score (nSPS) is 21.1. The fourth-order valence-electron chi connectivity index (χ4n) is 9.01. The van der Waals surface area contributed by atoms with Crippen LogP contribution < -0.4 is 30.9 Å². The number of ether oxygens (including phenoxy) is 2. The van der Waals surface area contributed by atoms with E-state index in [1.165, 1.54) is 5.56 Å². The molecule has 0 spiro atoms. The van der Waals surface area contributed by atoms with Crippen LogP contribution in [-0.4, -0.2) is 127 Å². The van der Waals surface area contributed by atoms with Gasteiger partial charge in [-0.05, 0) is 67.9 Å². The van der Waals surface area contributed by atoms with E-state index in [2.05, 4.69) is 48.1 Å². The van der Waals surface area contributed by atoms with E-state index < -0.39 is 6.04 Å². The molecule has 58 heavy (non-hydrogen) atoms. The molecule has 0 bridgehead atoms. The smallest absolute Gasteiger partial charge is 0.255 e. The van der Waals surface area contributed by atoms with Crippen molar-refractivity contribution in [1.29, 1.82) is 0 Å². The van der Waals surface area contributed by atoms with Crippen molar-refractivity contribution in [2.24, 2.45) is 0 Å². The average Bonchev–Trinajstić information content (AvgIpc) is 3.57. The number of piperazine rings is 1. The van der Waals surface area contributed by atoms with Gasteiger partial charge in [-0.3, -0.25) is 34.3 Å². The minimum Gasteiger partial charge on any atom is -0.495 e. The molecule has 5 aliphatic rings. The van der Waals surface area contributed by atoms with Gasteiger partial charge in [0.1, 0.15) is 11.8 Å².